The molecular weight excluding hydrogens is 338 g/mol. The molecule has 0 radical (unpaired) electrons. The van der Waals surface area contributed by atoms with E-state index in [9.17, 15) is 14.9 Å². The second-order valence-electron chi connectivity index (χ2n) is 5.28. The fourth-order valence-electron chi connectivity index (χ4n) is 2.78. The number of rotatable bonds is 5. The molecule has 1 amide bonds. The van der Waals surface area contributed by atoms with Gasteiger partial charge in [-0.1, -0.05) is 12.8 Å². The SMILES string of the molecule is NCC(NC(=O)c1cc([N+](=O)[O-])ccc1Br)C1CCCC1. The first-order valence-electron chi connectivity index (χ1n) is 6.97. The van der Waals surface area contributed by atoms with Crippen LogP contribution in [-0.4, -0.2) is 23.4 Å². The van der Waals surface area contributed by atoms with E-state index in [0.29, 0.717) is 16.9 Å². The van der Waals surface area contributed by atoms with Crippen LogP contribution >= 0.6 is 15.9 Å². The molecule has 0 spiro atoms. The molecular formula is C14H18BrN3O3. The minimum Gasteiger partial charge on any atom is -0.348 e. The highest BCUT2D eigenvalue weighted by Crippen LogP contribution is 2.28. The Kier molecular flexibility index (Phi) is 5.30. The van der Waals surface area contributed by atoms with E-state index in [1.807, 2.05) is 0 Å². The quantitative estimate of drug-likeness (QED) is 0.626. The van der Waals surface area contributed by atoms with E-state index in [2.05, 4.69) is 21.2 Å². The van der Waals surface area contributed by atoms with Crippen molar-refractivity contribution in [2.24, 2.45) is 11.7 Å². The summed E-state index contributed by atoms with van der Waals surface area (Å²) >= 11 is 3.26. The van der Waals surface area contributed by atoms with Gasteiger partial charge in [0.05, 0.1) is 10.5 Å². The lowest BCUT2D eigenvalue weighted by molar-refractivity contribution is -0.384. The van der Waals surface area contributed by atoms with E-state index >= 15 is 0 Å². The monoisotopic (exact) mass is 355 g/mol. The fourth-order valence-corrected chi connectivity index (χ4v) is 3.20. The van der Waals surface area contributed by atoms with Crippen LogP contribution in [0.25, 0.3) is 0 Å². The van der Waals surface area contributed by atoms with Crippen LogP contribution in [0.15, 0.2) is 22.7 Å². The Morgan fingerprint density at radius 2 is 2.14 bits per heavy atom. The van der Waals surface area contributed by atoms with Crippen molar-refractivity contribution in [2.75, 3.05) is 6.54 Å². The maximum Gasteiger partial charge on any atom is 0.270 e. The van der Waals surface area contributed by atoms with Crippen LogP contribution in [0.5, 0.6) is 0 Å². The first-order chi connectivity index (χ1) is 10.0. The Labute approximate surface area is 131 Å². The standard InChI is InChI=1S/C14H18BrN3O3/c15-12-6-5-10(18(20)21)7-11(12)14(19)17-13(8-16)9-3-1-2-4-9/h5-7,9,13H,1-4,8,16H2,(H,17,19). The topological polar surface area (TPSA) is 98.3 Å². The van der Waals surface area contributed by atoms with Crippen molar-refractivity contribution >= 4 is 27.5 Å². The average Bonchev–Trinajstić information content (AvgIpc) is 2.98. The van der Waals surface area contributed by atoms with Crippen molar-refractivity contribution < 1.29 is 9.72 Å². The van der Waals surface area contributed by atoms with E-state index < -0.39 is 4.92 Å². The number of nitro groups is 1. The molecule has 1 atom stereocenters. The second kappa shape index (κ2) is 7.00. The molecule has 0 saturated heterocycles. The predicted octanol–water partition coefficient (Wildman–Crippen LogP) is 2.60. The molecule has 6 nitrogen and oxygen atoms in total. The smallest absolute Gasteiger partial charge is 0.270 e. The summed E-state index contributed by atoms with van der Waals surface area (Å²) in [6.07, 6.45) is 4.46. The van der Waals surface area contributed by atoms with Crippen LogP contribution in [0.3, 0.4) is 0 Å². The highest BCUT2D eigenvalue weighted by atomic mass is 79.9. The molecule has 114 valence electrons. The molecule has 0 heterocycles. The van der Waals surface area contributed by atoms with Crippen LogP contribution in [-0.2, 0) is 0 Å². The summed E-state index contributed by atoms with van der Waals surface area (Å²) in [6, 6.07) is 4.08. The summed E-state index contributed by atoms with van der Waals surface area (Å²) in [5.74, 6) is 0.0735. The molecule has 7 heteroatoms. The predicted molar refractivity (Wildman–Crippen MR) is 83.1 cm³/mol. The molecule has 0 aliphatic heterocycles. The lowest BCUT2D eigenvalue weighted by Crippen LogP contribution is -2.44. The van der Waals surface area contributed by atoms with Crippen molar-refractivity contribution in [3.8, 4) is 0 Å². The molecule has 1 saturated carbocycles. The fraction of sp³-hybridized carbons (Fsp3) is 0.500. The maximum atomic E-state index is 12.3. The van der Waals surface area contributed by atoms with Gasteiger partial charge in [0.2, 0.25) is 0 Å². The minimum absolute atomic E-state index is 0.0776. The minimum atomic E-state index is -0.513. The van der Waals surface area contributed by atoms with E-state index in [4.69, 9.17) is 5.73 Å². The van der Waals surface area contributed by atoms with Crippen LogP contribution < -0.4 is 11.1 Å². The van der Waals surface area contributed by atoms with Crippen molar-refractivity contribution in [1.29, 1.82) is 0 Å². The highest BCUT2D eigenvalue weighted by Gasteiger charge is 2.26. The van der Waals surface area contributed by atoms with Gasteiger partial charge in [-0.25, -0.2) is 0 Å². The van der Waals surface area contributed by atoms with Crippen LogP contribution in [0, 0.1) is 16.0 Å². The lowest BCUT2D eigenvalue weighted by Gasteiger charge is -2.23. The Morgan fingerprint density at radius 1 is 1.48 bits per heavy atom. The Hall–Kier alpha value is -1.47. The third kappa shape index (κ3) is 3.79. The number of carbonyl (C=O) groups excluding carboxylic acids is 1. The number of halogens is 1. The number of non-ortho nitro benzene ring substituents is 1. The van der Waals surface area contributed by atoms with Gasteiger partial charge in [0.1, 0.15) is 0 Å². The van der Waals surface area contributed by atoms with Gasteiger partial charge in [0, 0.05) is 29.2 Å². The van der Waals surface area contributed by atoms with Crippen molar-refractivity contribution in [1.82, 2.24) is 5.32 Å². The molecule has 1 aromatic rings. The average molecular weight is 356 g/mol. The lowest BCUT2D eigenvalue weighted by atomic mass is 9.98. The first-order valence-corrected chi connectivity index (χ1v) is 7.77. The maximum absolute atomic E-state index is 12.3. The Balaban J connectivity index is 2.15. The zero-order valence-corrected chi connectivity index (χ0v) is 13.1. The summed E-state index contributed by atoms with van der Waals surface area (Å²) in [5, 5.41) is 13.7. The molecule has 1 unspecified atom stereocenters. The molecule has 1 fully saturated rings. The van der Waals surface area contributed by atoms with Gasteiger partial charge < -0.3 is 11.1 Å². The van der Waals surface area contributed by atoms with Gasteiger partial charge in [-0.05, 0) is 40.8 Å². The first kappa shape index (κ1) is 15.9. The molecule has 21 heavy (non-hydrogen) atoms. The largest absolute Gasteiger partial charge is 0.348 e. The van der Waals surface area contributed by atoms with Crippen molar-refractivity contribution in [2.45, 2.75) is 31.7 Å². The molecule has 0 aromatic heterocycles. The third-order valence-electron chi connectivity index (χ3n) is 3.94. The van der Waals surface area contributed by atoms with E-state index in [-0.39, 0.29) is 23.2 Å². The molecule has 0 bridgehead atoms. The van der Waals surface area contributed by atoms with Crippen molar-refractivity contribution in [3.63, 3.8) is 0 Å². The molecule has 2 rings (SSSR count). The number of amides is 1. The van der Waals surface area contributed by atoms with Crippen LogP contribution in [0.4, 0.5) is 5.69 Å². The van der Waals surface area contributed by atoms with Gasteiger partial charge >= 0.3 is 0 Å². The highest BCUT2D eigenvalue weighted by molar-refractivity contribution is 9.10. The molecule has 3 N–H and O–H groups in total. The zero-order chi connectivity index (χ0) is 15.4. The number of benzene rings is 1. The summed E-state index contributed by atoms with van der Waals surface area (Å²) in [7, 11) is 0. The van der Waals surface area contributed by atoms with Gasteiger partial charge in [-0.3, -0.25) is 14.9 Å². The number of nitrogens with one attached hydrogen (secondary N) is 1. The molecule has 1 aromatic carbocycles. The number of nitrogens with zero attached hydrogens (tertiary/aromatic N) is 1. The Morgan fingerprint density at radius 3 is 2.71 bits per heavy atom. The van der Waals surface area contributed by atoms with Gasteiger partial charge in [-0.15, -0.1) is 0 Å². The summed E-state index contributed by atoms with van der Waals surface area (Å²) in [4.78, 5) is 22.6. The van der Waals surface area contributed by atoms with Crippen molar-refractivity contribution in [3.05, 3.63) is 38.3 Å². The number of hydrogen-bond donors (Lipinski definition) is 2. The zero-order valence-electron chi connectivity index (χ0n) is 11.5. The summed E-state index contributed by atoms with van der Waals surface area (Å²) in [5.41, 5.74) is 5.92. The molecule has 1 aliphatic carbocycles. The number of hydrogen-bond acceptors (Lipinski definition) is 4. The summed E-state index contributed by atoms with van der Waals surface area (Å²) in [6.45, 7) is 0.378. The second-order valence-corrected chi connectivity index (χ2v) is 6.14. The Bertz CT molecular complexity index is 544. The van der Waals surface area contributed by atoms with Crippen LogP contribution in [0.2, 0.25) is 0 Å². The van der Waals surface area contributed by atoms with Crippen LogP contribution in [0.1, 0.15) is 36.0 Å². The number of carbonyl (C=O) groups is 1. The number of nitro benzene ring substituents is 1. The van der Waals surface area contributed by atoms with Gasteiger partial charge in [0.15, 0.2) is 0 Å². The molecule has 1 aliphatic rings. The van der Waals surface area contributed by atoms with E-state index in [0.717, 1.165) is 25.7 Å². The van der Waals surface area contributed by atoms with E-state index in [1.165, 1.54) is 18.2 Å². The summed E-state index contributed by atoms with van der Waals surface area (Å²) < 4.78 is 0.535. The van der Waals surface area contributed by atoms with E-state index in [1.54, 1.807) is 0 Å². The number of nitrogens with two attached hydrogens (primary N) is 1. The van der Waals surface area contributed by atoms with Gasteiger partial charge in [0.25, 0.3) is 11.6 Å². The third-order valence-corrected chi connectivity index (χ3v) is 4.64. The van der Waals surface area contributed by atoms with Gasteiger partial charge in [-0.2, -0.15) is 0 Å². The normalized spacial score (nSPS) is 16.7.